The SMILES string of the molecule is CCNc1cc(C2CCc3cccnc32)nc(COC)n1. The molecule has 1 atom stereocenters. The highest BCUT2D eigenvalue weighted by Crippen LogP contribution is 2.36. The van der Waals surface area contributed by atoms with Crippen LogP contribution in [0.1, 0.15) is 42.0 Å². The average Bonchev–Trinajstić information content (AvgIpc) is 2.92. The number of pyridine rings is 1. The molecule has 1 N–H and O–H groups in total. The predicted octanol–water partition coefficient (Wildman–Crippen LogP) is 2.53. The molecule has 5 heteroatoms. The molecule has 0 bridgehead atoms. The Kier molecular flexibility index (Phi) is 4.10. The summed E-state index contributed by atoms with van der Waals surface area (Å²) >= 11 is 0. The number of aryl methyl sites for hydroxylation is 1. The van der Waals surface area contributed by atoms with Crippen molar-refractivity contribution in [1.82, 2.24) is 15.0 Å². The van der Waals surface area contributed by atoms with Crippen molar-refractivity contribution in [2.24, 2.45) is 0 Å². The summed E-state index contributed by atoms with van der Waals surface area (Å²) < 4.78 is 5.18. The molecule has 1 unspecified atom stereocenters. The van der Waals surface area contributed by atoms with E-state index in [0.29, 0.717) is 6.61 Å². The number of methoxy groups -OCH3 is 1. The van der Waals surface area contributed by atoms with Crippen LogP contribution >= 0.6 is 0 Å². The molecule has 1 aliphatic carbocycles. The molecule has 0 amide bonds. The van der Waals surface area contributed by atoms with Crippen molar-refractivity contribution in [2.75, 3.05) is 19.0 Å². The molecule has 2 heterocycles. The molecule has 0 aromatic carbocycles. The normalized spacial score (nSPS) is 16.8. The maximum Gasteiger partial charge on any atom is 0.156 e. The van der Waals surface area contributed by atoms with Crippen LogP contribution in [0, 0.1) is 0 Å². The second-order valence-corrected chi connectivity index (χ2v) is 5.20. The average molecular weight is 284 g/mol. The molecule has 2 aromatic rings. The Balaban J connectivity index is 1.98. The van der Waals surface area contributed by atoms with Gasteiger partial charge in [-0.25, -0.2) is 9.97 Å². The van der Waals surface area contributed by atoms with Gasteiger partial charge < -0.3 is 10.1 Å². The molecule has 0 aliphatic heterocycles. The Hall–Kier alpha value is -2.01. The molecule has 0 saturated carbocycles. The molecular weight excluding hydrogens is 264 g/mol. The van der Waals surface area contributed by atoms with Crippen LogP contribution < -0.4 is 5.32 Å². The number of nitrogens with one attached hydrogen (secondary N) is 1. The van der Waals surface area contributed by atoms with Crippen molar-refractivity contribution in [1.29, 1.82) is 0 Å². The molecule has 21 heavy (non-hydrogen) atoms. The van der Waals surface area contributed by atoms with E-state index < -0.39 is 0 Å². The van der Waals surface area contributed by atoms with Crippen molar-refractivity contribution >= 4 is 5.82 Å². The number of anilines is 1. The first-order valence-electron chi connectivity index (χ1n) is 7.36. The number of nitrogens with zero attached hydrogens (tertiary/aromatic N) is 3. The fraction of sp³-hybridized carbons (Fsp3) is 0.438. The topological polar surface area (TPSA) is 59.9 Å². The zero-order valence-corrected chi connectivity index (χ0v) is 12.5. The van der Waals surface area contributed by atoms with Gasteiger partial charge in [0, 0.05) is 31.8 Å². The minimum Gasteiger partial charge on any atom is -0.377 e. The number of hydrogen-bond donors (Lipinski definition) is 1. The van der Waals surface area contributed by atoms with Gasteiger partial charge in [0.2, 0.25) is 0 Å². The fourth-order valence-corrected chi connectivity index (χ4v) is 2.86. The third-order valence-electron chi connectivity index (χ3n) is 3.74. The van der Waals surface area contributed by atoms with Crippen LogP contribution in [0.15, 0.2) is 24.4 Å². The van der Waals surface area contributed by atoms with Crippen molar-refractivity contribution < 1.29 is 4.74 Å². The predicted molar refractivity (Wildman–Crippen MR) is 81.3 cm³/mol. The summed E-state index contributed by atoms with van der Waals surface area (Å²) in [6, 6.07) is 6.20. The van der Waals surface area contributed by atoms with Crippen molar-refractivity contribution in [3.63, 3.8) is 0 Å². The van der Waals surface area contributed by atoms with E-state index in [0.717, 1.165) is 42.4 Å². The zero-order chi connectivity index (χ0) is 14.7. The van der Waals surface area contributed by atoms with Crippen LogP contribution in [0.2, 0.25) is 0 Å². The Labute approximate surface area is 124 Å². The standard InChI is InChI=1S/C16H20N4O/c1-3-17-14-9-13(19-15(20-14)10-21-2)12-7-6-11-5-4-8-18-16(11)12/h4-5,8-9,12H,3,6-7,10H2,1-2H3,(H,17,19,20). The molecule has 1 aliphatic rings. The molecule has 0 radical (unpaired) electrons. The summed E-state index contributed by atoms with van der Waals surface area (Å²) in [6.45, 7) is 3.32. The van der Waals surface area contributed by atoms with Gasteiger partial charge in [-0.1, -0.05) is 6.07 Å². The van der Waals surface area contributed by atoms with Gasteiger partial charge in [0.15, 0.2) is 5.82 Å². The van der Waals surface area contributed by atoms with Crippen LogP contribution in [-0.4, -0.2) is 28.6 Å². The molecule has 2 aromatic heterocycles. The third kappa shape index (κ3) is 2.88. The lowest BCUT2D eigenvalue weighted by molar-refractivity contribution is 0.177. The Morgan fingerprint density at radius 3 is 3.10 bits per heavy atom. The first-order chi connectivity index (χ1) is 10.3. The highest BCUT2D eigenvalue weighted by atomic mass is 16.5. The summed E-state index contributed by atoms with van der Waals surface area (Å²) in [6.07, 6.45) is 3.98. The van der Waals surface area contributed by atoms with Gasteiger partial charge in [0.1, 0.15) is 12.4 Å². The lowest BCUT2D eigenvalue weighted by Crippen LogP contribution is -2.10. The van der Waals surface area contributed by atoms with E-state index >= 15 is 0 Å². The van der Waals surface area contributed by atoms with Crippen molar-refractivity contribution in [2.45, 2.75) is 32.3 Å². The van der Waals surface area contributed by atoms with E-state index in [-0.39, 0.29) is 5.92 Å². The van der Waals surface area contributed by atoms with Gasteiger partial charge in [-0.2, -0.15) is 0 Å². The summed E-state index contributed by atoms with van der Waals surface area (Å²) in [5, 5.41) is 3.27. The second kappa shape index (κ2) is 6.18. The lowest BCUT2D eigenvalue weighted by atomic mass is 10.0. The minimum absolute atomic E-state index is 0.261. The third-order valence-corrected chi connectivity index (χ3v) is 3.74. The number of fused-ring (bicyclic) bond motifs is 1. The first-order valence-corrected chi connectivity index (χ1v) is 7.36. The fourth-order valence-electron chi connectivity index (χ4n) is 2.86. The molecular formula is C16H20N4O. The highest BCUT2D eigenvalue weighted by molar-refractivity contribution is 5.42. The molecule has 0 fully saturated rings. The number of hydrogen-bond acceptors (Lipinski definition) is 5. The summed E-state index contributed by atoms with van der Waals surface area (Å²) in [5.41, 5.74) is 3.52. The van der Waals surface area contributed by atoms with Crippen molar-refractivity contribution in [3.05, 3.63) is 47.2 Å². The lowest BCUT2D eigenvalue weighted by Gasteiger charge is -2.13. The van der Waals surface area contributed by atoms with E-state index in [9.17, 15) is 0 Å². The summed E-state index contributed by atoms with van der Waals surface area (Å²) in [5.74, 6) is 1.84. The number of ether oxygens (including phenoxy) is 1. The largest absolute Gasteiger partial charge is 0.377 e. The highest BCUT2D eigenvalue weighted by Gasteiger charge is 2.27. The quantitative estimate of drug-likeness (QED) is 0.914. The second-order valence-electron chi connectivity index (χ2n) is 5.20. The molecule has 0 spiro atoms. The van der Waals surface area contributed by atoms with Crippen LogP contribution in [0.3, 0.4) is 0 Å². The molecule has 5 nitrogen and oxygen atoms in total. The molecule has 3 rings (SSSR count). The Morgan fingerprint density at radius 2 is 2.29 bits per heavy atom. The minimum atomic E-state index is 0.261. The van der Waals surface area contributed by atoms with E-state index in [1.54, 1.807) is 7.11 Å². The first kappa shape index (κ1) is 13.9. The van der Waals surface area contributed by atoms with E-state index in [1.165, 1.54) is 5.56 Å². The summed E-state index contributed by atoms with van der Waals surface area (Å²) in [4.78, 5) is 13.7. The monoisotopic (exact) mass is 284 g/mol. The number of rotatable bonds is 5. The van der Waals surface area contributed by atoms with Gasteiger partial charge >= 0.3 is 0 Å². The van der Waals surface area contributed by atoms with E-state index in [2.05, 4.69) is 33.3 Å². The van der Waals surface area contributed by atoms with Crippen molar-refractivity contribution in [3.8, 4) is 0 Å². The summed E-state index contributed by atoms with van der Waals surface area (Å²) in [7, 11) is 1.66. The number of aromatic nitrogens is 3. The van der Waals surface area contributed by atoms with Crippen LogP contribution in [-0.2, 0) is 17.8 Å². The van der Waals surface area contributed by atoms with E-state index in [1.807, 2.05) is 18.3 Å². The zero-order valence-electron chi connectivity index (χ0n) is 12.5. The van der Waals surface area contributed by atoms with Gasteiger partial charge in [-0.05, 0) is 31.4 Å². The van der Waals surface area contributed by atoms with Gasteiger partial charge in [0.05, 0.1) is 11.4 Å². The van der Waals surface area contributed by atoms with Gasteiger partial charge in [-0.15, -0.1) is 0 Å². The maximum absolute atomic E-state index is 5.18. The van der Waals surface area contributed by atoms with Crippen LogP contribution in [0.25, 0.3) is 0 Å². The Morgan fingerprint density at radius 1 is 1.38 bits per heavy atom. The molecule has 110 valence electrons. The van der Waals surface area contributed by atoms with Crippen LogP contribution in [0.4, 0.5) is 5.82 Å². The molecule has 0 saturated heterocycles. The van der Waals surface area contributed by atoms with Gasteiger partial charge in [-0.3, -0.25) is 4.98 Å². The van der Waals surface area contributed by atoms with Gasteiger partial charge in [0.25, 0.3) is 0 Å². The smallest absolute Gasteiger partial charge is 0.156 e. The van der Waals surface area contributed by atoms with E-state index in [4.69, 9.17) is 4.74 Å². The maximum atomic E-state index is 5.18. The van der Waals surface area contributed by atoms with Crippen LogP contribution in [0.5, 0.6) is 0 Å². The Bertz CT molecular complexity index is 605.